The number of carbonyl (C=O) groups is 1. The molecule has 0 aliphatic carbocycles. The van der Waals surface area contributed by atoms with Crippen molar-refractivity contribution in [2.45, 2.75) is 0 Å². The molecule has 0 saturated heterocycles. The number of phenols is 1. The number of carboxylic acids is 1. The van der Waals surface area contributed by atoms with E-state index in [0.29, 0.717) is 5.75 Å². The second-order valence-corrected chi connectivity index (χ2v) is 4.06. The van der Waals surface area contributed by atoms with E-state index in [2.05, 4.69) is 0 Å². The Morgan fingerprint density at radius 2 is 2.13 bits per heavy atom. The van der Waals surface area contributed by atoms with E-state index in [9.17, 15) is 9.90 Å². The smallest absolute Gasteiger partial charge is 0.345 e. The first kappa shape index (κ1) is 9.79. The molecule has 0 spiro atoms. The van der Waals surface area contributed by atoms with Crippen LogP contribution in [0.3, 0.4) is 0 Å². The lowest BCUT2D eigenvalue weighted by Gasteiger charge is -2.01. The fourth-order valence-corrected chi connectivity index (χ4v) is 2.24. The molecule has 0 unspecified atom stereocenters. The molecular formula is C10H8O4S. The van der Waals surface area contributed by atoms with Gasteiger partial charge >= 0.3 is 5.97 Å². The molecule has 4 nitrogen and oxygen atoms in total. The number of phenolic OH excluding ortho intramolecular Hbond substituents is 1. The summed E-state index contributed by atoms with van der Waals surface area (Å²) >= 11 is 1.12. The van der Waals surface area contributed by atoms with Gasteiger partial charge in [-0.2, -0.15) is 0 Å². The van der Waals surface area contributed by atoms with Crippen molar-refractivity contribution in [1.29, 1.82) is 0 Å². The molecule has 0 aliphatic rings. The van der Waals surface area contributed by atoms with Gasteiger partial charge in [0.2, 0.25) is 0 Å². The molecule has 0 amide bonds. The topological polar surface area (TPSA) is 66.8 Å². The molecule has 78 valence electrons. The van der Waals surface area contributed by atoms with Crippen LogP contribution in [0.2, 0.25) is 0 Å². The lowest BCUT2D eigenvalue weighted by atomic mass is 10.2. The van der Waals surface area contributed by atoms with Crippen molar-refractivity contribution in [3.8, 4) is 11.5 Å². The molecule has 0 aliphatic heterocycles. The number of aromatic carboxylic acids is 1. The molecule has 2 rings (SSSR count). The number of aromatic hydroxyl groups is 1. The Kier molecular flexibility index (Phi) is 2.24. The fourth-order valence-electron chi connectivity index (χ4n) is 1.32. The molecule has 1 heterocycles. The first-order chi connectivity index (χ1) is 7.11. The first-order valence-corrected chi connectivity index (χ1v) is 4.97. The maximum Gasteiger partial charge on any atom is 0.345 e. The lowest BCUT2D eigenvalue weighted by Crippen LogP contribution is -1.89. The van der Waals surface area contributed by atoms with Gasteiger partial charge in [-0.3, -0.25) is 0 Å². The van der Waals surface area contributed by atoms with Crippen molar-refractivity contribution in [2.24, 2.45) is 0 Å². The summed E-state index contributed by atoms with van der Waals surface area (Å²) in [7, 11) is 1.45. The zero-order valence-corrected chi connectivity index (χ0v) is 8.67. The molecule has 0 atom stereocenters. The van der Waals surface area contributed by atoms with Crippen molar-refractivity contribution in [3.05, 3.63) is 23.1 Å². The summed E-state index contributed by atoms with van der Waals surface area (Å²) in [5, 5.41) is 19.0. The van der Waals surface area contributed by atoms with Crippen molar-refractivity contribution in [1.82, 2.24) is 0 Å². The standard InChI is InChI=1S/C10H8O4S/c1-14-7-2-5-3-9(10(12)13)15-8(5)4-6(7)11/h2-4,11H,1H3,(H,12,13). The Balaban J connectivity index is 2.66. The zero-order valence-electron chi connectivity index (χ0n) is 7.85. The van der Waals surface area contributed by atoms with E-state index in [1.807, 2.05) is 0 Å². The Hall–Kier alpha value is -1.75. The minimum atomic E-state index is -0.963. The van der Waals surface area contributed by atoms with Crippen LogP contribution in [-0.2, 0) is 0 Å². The lowest BCUT2D eigenvalue weighted by molar-refractivity contribution is 0.0702. The number of hydrogen-bond donors (Lipinski definition) is 2. The van der Waals surface area contributed by atoms with Gasteiger partial charge in [0.15, 0.2) is 11.5 Å². The molecule has 0 radical (unpaired) electrons. The molecular weight excluding hydrogens is 216 g/mol. The van der Waals surface area contributed by atoms with Gasteiger partial charge in [-0.15, -0.1) is 11.3 Å². The van der Waals surface area contributed by atoms with Crippen molar-refractivity contribution in [2.75, 3.05) is 7.11 Å². The van der Waals surface area contributed by atoms with E-state index < -0.39 is 5.97 Å². The predicted octanol–water partition coefficient (Wildman–Crippen LogP) is 2.31. The fraction of sp³-hybridized carbons (Fsp3) is 0.100. The van der Waals surface area contributed by atoms with E-state index >= 15 is 0 Å². The summed E-state index contributed by atoms with van der Waals surface area (Å²) in [5.41, 5.74) is 0. The van der Waals surface area contributed by atoms with E-state index in [-0.39, 0.29) is 10.6 Å². The molecule has 0 bridgehead atoms. The van der Waals surface area contributed by atoms with Crippen molar-refractivity contribution in [3.63, 3.8) is 0 Å². The van der Waals surface area contributed by atoms with Crippen molar-refractivity contribution < 1.29 is 19.7 Å². The zero-order chi connectivity index (χ0) is 11.0. The van der Waals surface area contributed by atoms with E-state index in [0.717, 1.165) is 21.4 Å². The van der Waals surface area contributed by atoms with Crippen LogP contribution in [0.5, 0.6) is 11.5 Å². The number of benzene rings is 1. The van der Waals surface area contributed by atoms with Gasteiger partial charge in [0.25, 0.3) is 0 Å². The Labute approximate surface area is 89.3 Å². The van der Waals surface area contributed by atoms with Gasteiger partial charge in [0.05, 0.1) is 7.11 Å². The Morgan fingerprint density at radius 1 is 1.40 bits per heavy atom. The number of methoxy groups -OCH3 is 1. The average Bonchev–Trinajstić information content (AvgIpc) is 2.59. The van der Waals surface area contributed by atoms with Crippen LogP contribution in [0.4, 0.5) is 0 Å². The van der Waals surface area contributed by atoms with Gasteiger partial charge in [0.1, 0.15) is 4.88 Å². The largest absolute Gasteiger partial charge is 0.504 e. The molecule has 0 fully saturated rings. The van der Waals surface area contributed by atoms with E-state index in [1.165, 1.54) is 13.2 Å². The summed E-state index contributed by atoms with van der Waals surface area (Å²) in [6, 6.07) is 4.68. The molecule has 5 heteroatoms. The summed E-state index contributed by atoms with van der Waals surface area (Å²) in [4.78, 5) is 11.0. The van der Waals surface area contributed by atoms with Gasteiger partial charge in [-0.25, -0.2) is 4.79 Å². The van der Waals surface area contributed by atoms with Crippen LogP contribution in [0.15, 0.2) is 18.2 Å². The third-order valence-corrected chi connectivity index (χ3v) is 3.11. The van der Waals surface area contributed by atoms with Crippen LogP contribution < -0.4 is 4.74 Å². The van der Waals surface area contributed by atoms with Crippen molar-refractivity contribution >= 4 is 27.4 Å². The van der Waals surface area contributed by atoms with E-state index in [4.69, 9.17) is 9.84 Å². The molecule has 2 N–H and O–H groups in total. The van der Waals surface area contributed by atoms with E-state index in [1.54, 1.807) is 12.1 Å². The highest BCUT2D eigenvalue weighted by molar-refractivity contribution is 7.20. The summed E-state index contributed by atoms with van der Waals surface area (Å²) in [5.74, 6) is -0.601. The predicted molar refractivity (Wildman–Crippen MR) is 57.0 cm³/mol. The minimum absolute atomic E-state index is 0.0174. The maximum atomic E-state index is 10.7. The van der Waals surface area contributed by atoms with Crippen LogP contribution in [0.25, 0.3) is 10.1 Å². The Bertz CT molecular complexity index is 529. The quantitative estimate of drug-likeness (QED) is 0.821. The van der Waals surface area contributed by atoms with Crippen LogP contribution >= 0.6 is 11.3 Å². The highest BCUT2D eigenvalue weighted by Gasteiger charge is 2.11. The molecule has 0 saturated carbocycles. The summed E-state index contributed by atoms with van der Waals surface area (Å²) in [6.45, 7) is 0. The van der Waals surface area contributed by atoms with Gasteiger partial charge in [0, 0.05) is 10.8 Å². The van der Waals surface area contributed by atoms with Gasteiger partial charge in [-0.05, 0) is 17.5 Å². The molecule has 1 aromatic heterocycles. The van der Waals surface area contributed by atoms with Gasteiger partial charge in [-0.1, -0.05) is 0 Å². The average molecular weight is 224 g/mol. The molecule has 15 heavy (non-hydrogen) atoms. The second kappa shape index (κ2) is 3.43. The number of rotatable bonds is 2. The summed E-state index contributed by atoms with van der Waals surface area (Å²) < 4.78 is 5.66. The molecule has 1 aromatic carbocycles. The number of ether oxygens (including phenoxy) is 1. The number of carboxylic acid groups (broad SMARTS) is 1. The second-order valence-electron chi connectivity index (χ2n) is 2.98. The van der Waals surface area contributed by atoms with Crippen LogP contribution in [-0.4, -0.2) is 23.3 Å². The SMILES string of the molecule is COc1cc2cc(C(=O)O)sc2cc1O. The highest BCUT2D eigenvalue weighted by Crippen LogP contribution is 2.35. The normalized spacial score (nSPS) is 10.5. The highest BCUT2D eigenvalue weighted by atomic mass is 32.1. The van der Waals surface area contributed by atoms with Crippen LogP contribution in [0.1, 0.15) is 9.67 Å². The molecule has 2 aromatic rings. The summed E-state index contributed by atoms with van der Waals surface area (Å²) in [6.07, 6.45) is 0. The number of hydrogen-bond acceptors (Lipinski definition) is 4. The monoisotopic (exact) mass is 224 g/mol. The third kappa shape index (κ3) is 1.61. The number of thiophene rings is 1. The van der Waals surface area contributed by atoms with Crippen LogP contribution in [0, 0.1) is 0 Å². The maximum absolute atomic E-state index is 10.7. The Morgan fingerprint density at radius 3 is 2.73 bits per heavy atom. The third-order valence-electron chi connectivity index (χ3n) is 2.03. The van der Waals surface area contributed by atoms with Gasteiger partial charge < -0.3 is 14.9 Å². The minimum Gasteiger partial charge on any atom is -0.504 e. The first-order valence-electron chi connectivity index (χ1n) is 4.15. The number of fused-ring (bicyclic) bond motifs is 1.